The highest BCUT2D eigenvalue weighted by molar-refractivity contribution is 6.46. The summed E-state index contributed by atoms with van der Waals surface area (Å²) in [5.74, 6) is -0.973. The number of aliphatic hydroxyl groups is 2. The van der Waals surface area contributed by atoms with E-state index < -0.39 is 19.3 Å². The maximum Gasteiger partial charge on any atom is 0.547 e. The molecule has 0 spiro atoms. The van der Waals surface area contributed by atoms with E-state index in [0.29, 0.717) is 11.1 Å². The molecule has 0 aromatic heterocycles. The van der Waals surface area contributed by atoms with Crippen LogP contribution in [-0.2, 0) is 11.2 Å². The minimum Gasteiger partial charge on any atom is -0.534 e. The van der Waals surface area contributed by atoms with Gasteiger partial charge in [-0.3, -0.25) is 9.59 Å². The molecular formula is C19H20BNO6. The highest BCUT2D eigenvalue weighted by atomic mass is 16.5. The predicted octanol–water partition coefficient (Wildman–Crippen LogP) is 0.772. The molecular weight excluding hydrogens is 349 g/mol. The van der Waals surface area contributed by atoms with Crippen LogP contribution in [0.15, 0.2) is 48.5 Å². The summed E-state index contributed by atoms with van der Waals surface area (Å²) in [5.41, 5.74) is 1.36. The van der Waals surface area contributed by atoms with Crippen molar-refractivity contribution in [3.05, 3.63) is 65.2 Å². The zero-order valence-corrected chi connectivity index (χ0v) is 14.5. The van der Waals surface area contributed by atoms with Crippen LogP contribution >= 0.6 is 0 Å². The monoisotopic (exact) mass is 369 g/mol. The third-order valence-corrected chi connectivity index (χ3v) is 4.45. The Morgan fingerprint density at radius 1 is 1.11 bits per heavy atom. The first kappa shape index (κ1) is 19.1. The second-order valence-electron chi connectivity index (χ2n) is 6.38. The Hall–Kier alpha value is -2.68. The van der Waals surface area contributed by atoms with E-state index in [1.807, 2.05) is 6.07 Å². The third kappa shape index (κ3) is 4.54. The quantitative estimate of drug-likeness (QED) is 0.340. The number of para-hydroxylation sites is 1. The molecule has 1 amide bonds. The molecule has 27 heavy (non-hydrogen) atoms. The Balaban J connectivity index is 1.59. The van der Waals surface area contributed by atoms with Crippen molar-refractivity contribution in [3.63, 3.8) is 0 Å². The van der Waals surface area contributed by atoms with Crippen molar-refractivity contribution in [1.29, 1.82) is 0 Å². The first-order chi connectivity index (χ1) is 13.0. The number of hydrogen-bond donors (Lipinski definition) is 4. The summed E-state index contributed by atoms with van der Waals surface area (Å²) in [6.45, 7) is 0. The van der Waals surface area contributed by atoms with E-state index in [4.69, 9.17) is 4.65 Å². The van der Waals surface area contributed by atoms with E-state index in [1.165, 1.54) is 6.07 Å². The molecule has 1 aliphatic rings. The average molecular weight is 369 g/mol. The zero-order valence-electron chi connectivity index (χ0n) is 14.5. The Morgan fingerprint density at radius 3 is 2.56 bits per heavy atom. The molecule has 7 nitrogen and oxygen atoms in total. The van der Waals surface area contributed by atoms with Gasteiger partial charge in [-0.1, -0.05) is 48.5 Å². The van der Waals surface area contributed by atoms with Crippen LogP contribution in [0.4, 0.5) is 0 Å². The van der Waals surface area contributed by atoms with Crippen LogP contribution in [0.2, 0.25) is 0 Å². The number of Topliss-reactive ketones (excluding diaryl/α,β-unsaturated/α-hetero) is 1. The number of nitrogens with one attached hydrogen (secondary N) is 1. The maximum atomic E-state index is 12.2. The fourth-order valence-corrected chi connectivity index (χ4v) is 3.05. The normalized spacial score (nSPS) is 15.9. The van der Waals surface area contributed by atoms with Crippen molar-refractivity contribution >= 4 is 18.8 Å². The second kappa shape index (κ2) is 8.34. The van der Waals surface area contributed by atoms with Gasteiger partial charge in [0.1, 0.15) is 5.75 Å². The first-order valence-corrected chi connectivity index (χ1v) is 8.66. The van der Waals surface area contributed by atoms with Crippen LogP contribution in [0, 0.1) is 0 Å². The topological polar surface area (TPSA) is 116 Å². The fourth-order valence-electron chi connectivity index (χ4n) is 3.05. The number of carbonyl (C=O) groups is 2. The van der Waals surface area contributed by atoms with Crippen molar-refractivity contribution in [3.8, 4) is 5.75 Å². The molecule has 0 bridgehead atoms. The number of rotatable bonds is 6. The van der Waals surface area contributed by atoms with Crippen LogP contribution < -0.4 is 9.97 Å². The molecule has 0 radical (unpaired) electrons. The maximum absolute atomic E-state index is 12.2. The minimum absolute atomic E-state index is 0.000795. The molecule has 4 N–H and O–H groups in total. The molecule has 3 rings (SSSR count). The Labute approximate surface area is 156 Å². The SMILES string of the molecule is O=C(CCC(=O)c1ccccc1)N[C@H]1Cc2cccc(C(O)O)c2OB1O. The Bertz CT molecular complexity index is 826. The van der Waals surface area contributed by atoms with Gasteiger partial charge in [0.2, 0.25) is 5.91 Å². The molecule has 8 heteroatoms. The highest BCUT2D eigenvalue weighted by Gasteiger charge is 2.37. The van der Waals surface area contributed by atoms with E-state index in [-0.39, 0.29) is 42.3 Å². The summed E-state index contributed by atoms with van der Waals surface area (Å²) >= 11 is 0. The van der Waals surface area contributed by atoms with Gasteiger partial charge in [0, 0.05) is 24.0 Å². The third-order valence-electron chi connectivity index (χ3n) is 4.45. The number of carbonyl (C=O) groups excluding carboxylic acids is 2. The van der Waals surface area contributed by atoms with Gasteiger partial charge in [-0.25, -0.2) is 0 Å². The minimum atomic E-state index is -1.72. The smallest absolute Gasteiger partial charge is 0.534 e. The Kier molecular flexibility index (Phi) is 5.90. The Morgan fingerprint density at radius 2 is 1.85 bits per heavy atom. The number of fused-ring (bicyclic) bond motifs is 1. The van der Waals surface area contributed by atoms with Crippen LogP contribution in [0.5, 0.6) is 5.75 Å². The van der Waals surface area contributed by atoms with E-state index in [1.54, 1.807) is 36.4 Å². The summed E-state index contributed by atoms with van der Waals surface area (Å²) in [7, 11) is -1.33. The van der Waals surface area contributed by atoms with Gasteiger partial charge in [-0.15, -0.1) is 0 Å². The molecule has 0 fully saturated rings. The zero-order chi connectivity index (χ0) is 19.4. The summed E-state index contributed by atoms with van der Waals surface area (Å²) in [5, 5.41) is 31.6. The molecule has 2 aromatic carbocycles. The number of aliphatic hydroxyl groups excluding tert-OH is 1. The van der Waals surface area contributed by atoms with Gasteiger partial charge < -0.3 is 25.2 Å². The van der Waals surface area contributed by atoms with Crippen molar-refractivity contribution in [1.82, 2.24) is 5.32 Å². The summed E-state index contributed by atoms with van der Waals surface area (Å²) in [6, 6.07) is 13.6. The summed E-state index contributed by atoms with van der Waals surface area (Å²) in [6.07, 6.45) is -1.38. The molecule has 0 unspecified atom stereocenters. The number of benzene rings is 2. The molecule has 140 valence electrons. The van der Waals surface area contributed by atoms with Crippen molar-refractivity contribution < 1.29 is 29.5 Å². The van der Waals surface area contributed by atoms with Gasteiger partial charge in [0.25, 0.3) is 0 Å². The largest absolute Gasteiger partial charge is 0.547 e. The molecule has 0 saturated carbocycles. The van der Waals surface area contributed by atoms with Gasteiger partial charge in [0.05, 0.1) is 5.94 Å². The van der Waals surface area contributed by atoms with E-state index in [0.717, 1.165) is 0 Å². The van der Waals surface area contributed by atoms with Crippen molar-refractivity contribution in [2.75, 3.05) is 0 Å². The van der Waals surface area contributed by atoms with Crippen molar-refractivity contribution in [2.24, 2.45) is 0 Å². The van der Waals surface area contributed by atoms with E-state index in [9.17, 15) is 24.8 Å². The molecule has 0 aliphatic carbocycles. The molecule has 1 atom stereocenters. The highest BCUT2D eigenvalue weighted by Crippen LogP contribution is 2.32. The average Bonchev–Trinajstić information content (AvgIpc) is 2.66. The van der Waals surface area contributed by atoms with Crippen LogP contribution in [-0.4, -0.2) is 40.0 Å². The standard InChI is InChI=1S/C19H20BNO6/c22-15(12-5-2-1-3-6-12)9-10-17(23)21-16-11-13-7-4-8-14(19(24)25)18(13)27-20(16)26/h1-8,16,19,24-26H,9-11H2,(H,21,23)/t16-/m0/s1. The van der Waals surface area contributed by atoms with Crippen molar-refractivity contribution in [2.45, 2.75) is 31.5 Å². The lowest BCUT2D eigenvalue weighted by Gasteiger charge is -2.29. The van der Waals surface area contributed by atoms with Gasteiger partial charge in [-0.05, 0) is 12.0 Å². The first-order valence-electron chi connectivity index (χ1n) is 8.66. The molecule has 1 heterocycles. The van der Waals surface area contributed by atoms with Crippen LogP contribution in [0.3, 0.4) is 0 Å². The predicted molar refractivity (Wildman–Crippen MR) is 97.9 cm³/mol. The fraction of sp³-hybridized carbons (Fsp3) is 0.263. The number of hydrogen-bond acceptors (Lipinski definition) is 6. The van der Waals surface area contributed by atoms with Gasteiger partial charge in [-0.2, -0.15) is 0 Å². The lowest BCUT2D eigenvalue weighted by Crippen LogP contribution is -2.53. The molecule has 2 aromatic rings. The molecule has 1 aliphatic heterocycles. The van der Waals surface area contributed by atoms with Gasteiger partial charge in [0.15, 0.2) is 12.1 Å². The van der Waals surface area contributed by atoms with Crippen LogP contribution in [0.1, 0.15) is 40.6 Å². The lowest BCUT2D eigenvalue weighted by molar-refractivity contribution is -0.121. The van der Waals surface area contributed by atoms with E-state index in [2.05, 4.69) is 5.32 Å². The van der Waals surface area contributed by atoms with Gasteiger partial charge >= 0.3 is 7.12 Å². The van der Waals surface area contributed by atoms with Crippen LogP contribution in [0.25, 0.3) is 0 Å². The lowest BCUT2D eigenvalue weighted by atomic mass is 9.72. The number of ketones is 1. The summed E-state index contributed by atoms with van der Waals surface area (Å²) in [4.78, 5) is 24.2. The second-order valence-corrected chi connectivity index (χ2v) is 6.38. The summed E-state index contributed by atoms with van der Waals surface area (Å²) < 4.78 is 5.39. The number of amides is 1. The van der Waals surface area contributed by atoms with E-state index >= 15 is 0 Å². The molecule has 0 saturated heterocycles.